The van der Waals surface area contributed by atoms with Crippen molar-refractivity contribution in [3.63, 3.8) is 0 Å². The van der Waals surface area contributed by atoms with Crippen molar-refractivity contribution in [1.82, 2.24) is 15.1 Å². The molecule has 2 heterocycles. The summed E-state index contributed by atoms with van der Waals surface area (Å²) in [6.07, 6.45) is -0.669. The molecule has 0 spiro atoms. The summed E-state index contributed by atoms with van der Waals surface area (Å²) >= 11 is 0. The van der Waals surface area contributed by atoms with Crippen molar-refractivity contribution in [3.8, 4) is 17.2 Å². The first-order chi connectivity index (χ1) is 18.0. The molecular formula is C27H25F3N4O4. The second kappa shape index (κ2) is 10.9. The van der Waals surface area contributed by atoms with Crippen molar-refractivity contribution < 1.29 is 32.3 Å². The molecule has 4 aromatic rings. The molecule has 2 aromatic heterocycles. The number of nitrogens with zero attached hydrogens (tertiary/aromatic N) is 4. The molecule has 11 heteroatoms. The highest BCUT2D eigenvalue weighted by Crippen LogP contribution is 2.30. The van der Waals surface area contributed by atoms with Crippen LogP contribution < -0.4 is 9.64 Å². The van der Waals surface area contributed by atoms with Gasteiger partial charge in [-0.05, 0) is 73.0 Å². The average Bonchev–Trinajstić information content (AvgIpc) is 3.38. The van der Waals surface area contributed by atoms with E-state index in [1.807, 2.05) is 17.0 Å². The third kappa shape index (κ3) is 6.67. The minimum atomic E-state index is -4.42. The second-order valence-corrected chi connectivity index (χ2v) is 9.06. The first kappa shape index (κ1) is 26.6. The van der Waals surface area contributed by atoms with Gasteiger partial charge in [0, 0.05) is 31.0 Å². The topological polar surface area (TPSA) is 102 Å². The Morgan fingerprint density at radius 3 is 2.21 bits per heavy atom. The summed E-state index contributed by atoms with van der Waals surface area (Å²) < 4.78 is 49.9. The fraction of sp³-hybridized carbons (Fsp3) is 0.259. The monoisotopic (exact) mass is 526 g/mol. The van der Waals surface area contributed by atoms with Gasteiger partial charge in [0.25, 0.3) is 11.8 Å². The number of hydrogen-bond donors (Lipinski definition) is 1. The number of hydrogen-bond acceptors (Lipinski definition) is 7. The zero-order valence-electron chi connectivity index (χ0n) is 20.6. The van der Waals surface area contributed by atoms with Crippen LogP contribution in [0.15, 0.2) is 77.6 Å². The molecule has 38 heavy (non-hydrogen) atoms. The maximum absolute atomic E-state index is 13.0. The summed E-state index contributed by atoms with van der Waals surface area (Å²) in [6, 6.07) is 15.4. The summed E-state index contributed by atoms with van der Waals surface area (Å²) in [5.41, 5.74) is 0.174. The van der Waals surface area contributed by atoms with Gasteiger partial charge in [-0.1, -0.05) is 24.3 Å². The van der Waals surface area contributed by atoms with Gasteiger partial charge in [-0.3, -0.25) is 4.98 Å². The van der Waals surface area contributed by atoms with Crippen LogP contribution in [-0.4, -0.2) is 38.3 Å². The zero-order valence-corrected chi connectivity index (χ0v) is 20.6. The number of carbonyl (C=O) groups is 1. The van der Waals surface area contributed by atoms with Gasteiger partial charge >= 0.3 is 12.1 Å². The van der Waals surface area contributed by atoms with Crippen molar-refractivity contribution in [1.29, 1.82) is 0 Å². The number of ether oxygens (including phenoxy) is 1. The summed E-state index contributed by atoms with van der Waals surface area (Å²) in [6.45, 7) is 3.61. The molecule has 1 N–H and O–H groups in total. The minimum absolute atomic E-state index is 0.251. The Hall–Kier alpha value is -4.41. The Bertz CT molecular complexity index is 1360. The molecule has 0 amide bonds. The minimum Gasteiger partial charge on any atom is -0.478 e. The molecule has 0 radical (unpaired) electrons. The van der Waals surface area contributed by atoms with E-state index in [1.165, 1.54) is 26.0 Å². The number of carboxylic acids is 1. The number of anilines is 1. The number of halogens is 3. The lowest BCUT2D eigenvalue weighted by Gasteiger charge is -2.22. The van der Waals surface area contributed by atoms with Gasteiger partial charge in [0.05, 0.1) is 5.56 Å². The van der Waals surface area contributed by atoms with Crippen LogP contribution in [-0.2, 0) is 23.9 Å². The number of benzene rings is 2. The molecule has 0 fully saturated rings. The van der Waals surface area contributed by atoms with E-state index in [2.05, 4.69) is 15.1 Å². The number of carboxylic acid groups (broad SMARTS) is 1. The Kier molecular flexibility index (Phi) is 7.65. The lowest BCUT2D eigenvalue weighted by atomic mass is 10.1. The molecule has 198 valence electrons. The highest BCUT2D eigenvalue weighted by molar-refractivity contribution is 5.76. The fourth-order valence-electron chi connectivity index (χ4n) is 3.55. The Morgan fingerprint density at radius 2 is 1.61 bits per heavy atom. The van der Waals surface area contributed by atoms with Gasteiger partial charge in [-0.25, -0.2) is 4.79 Å². The summed E-state index contributed by atoms with van der Waals surface area (Å²) in [4.78, 5) is 21.6. The van der Waals surface area contributed by atoms with Crippen LogP contribution in [0, 0.1) is 0 Å². The number of aromatic nitrogens is 3. The van der Waals surface area contributed by atoms with Crippen molar-refractivity contribution in [3.05, 3.63) is 89.7 Å². The molecule has 0 unspecified atom stereocenters. The highest BCUT2D eigenvalue weighted by atomic mass is 19.4. The van der Waals surface area contributed by atoms with Gasteiger partial charge in [0.2, 0.25) is 0 Å². The zero-order chi connectivity index (χ0) is 27.3. The van der Waals surface area contributed by atoms with E-state index >= 15 is 0 Å². The van der Waals surface area contributed by atoms with Crippen molar-refractivity contribution in [2.24, 2.45) is 0 Å². The fourth-order valence-corrected chi connectivity index (χ4v) is 3.55. The molecule has 0 aliphatic heterocycles. The van der Waals surface area contributed by atoms with Gasteiger partial charge in [-0.15, -0.1) is 0 Å². The maximum atomic E-state index is 13.0. The van der Waals surface area contributed by atoms with Crippen molar-refractivity contribution >= 4 is 11.9 Å². The molecule has 2 aromatic carbocycles. The highest BCUT2D eigenvalue weighted by Gasteiger charge is 2.30. The quantitative estimate of drug-likeness (QED) is 0.283. The van der Waals surface area contributed by atoms with E-state index in [1.54, 1.807) is 36.7 Å². The van der Waals surface area contributed by atoms with Crippen LogP contribution in [0.2, 0.25) is 0 Å². The second-order valence-electron chi connectivity index (χ2n) is 9.06. The van der Waals surface area contributed by atoms with Crippen LogP contribution in [0.4, 0.5) is 19.1 Å². The molecule has 0 bridgehead atoms. The SMILES string of the molecule is CC(C)(Oc1ccc(CCN(Cc2ccc(C(F)(F)F)cc2)c2noc(-c3ccncc3)n2)cc1)C(=O)O. The normalized spacial score (nSPS) is 11.8. The van der Waals surface area contributed by atoms with E-state index in [9.17, 15) is 23.1 Å². The van der Waals surface area contributed by atoms with Gasteiger partial charge in [0.1, 0.15) is 5.75 Å². The molecule has 0 aliphatic rings. The van der Waals surface area contributed by atoms with Crippen LogP contribution in [0.25, 0.3) is 11.5 Å². The number of aliphatic carboxylic acids is 1. The van der Waals surface area contributed by atoms with Crippen molar-refractivity contribution in [2.75, 3.05) is 11.4 Å². The summed E-state index contributed by atoms with van der Waals surface area (Å²) in [7, 11) is 0. The maximum Gasteiger partial charge on any atom is 0.416 e. The average molecular weight is 527 g/mol. The van der Waals surface area contributed by atoms with Crippen molar-refractivity contribution in [2.45, 2.75) is 38.6 Å². The summed E-state index contributed by atoms with van der Waals surface area (Å²) in [5.74, 6) is -0.0723. The standard InChI is InChI=1S/C27H25F3N4O4/c1-26(2,24(35)36)37-22-9-5-18(6-10-22)13-16-34(17-19-3-7-21(8-4-19)27(28,29)30)25-32-23(38-33-25)20-11-14-31-15-12-20/h3-12,14-15H,13,16-17H2,1-2H3,(H,35,36). The first-order valence-electron chi connectivity index (χ1n) is 11.7. The largest absolute Gasteiger partial charge is 0.478 e. The van der Waals surface area contributed by atoms with Crippen LogP contribution in [0.5, 0.6) is 5.75 Å². The number of rotatable bonds is 10. The predicted octanol–water partition coefficient (Wildman–Crippen LogP) is 5.64. The Labute approximate surface area is 216 Å². The van der Waals surface area contributed by atoms with E-state index in [4.69, 9.17) is 9.26 Å². The molecule has 0 saturated carbocycles. The van der Waals surface area contributed by atoms with E-state index < -0.39 is 23.3 Å². The van der Waals surface area contributed by atoms with Crippen LogP contribution in [0.1, 0.15) is 30.5 Å². The third-order valence-corrected chi connectivity index (χ3v) is 5.76. The molecule has 0 aliphatic carbocycles. The van der Waals surface area contributed by atoms with Gasteiger partial charge < -0.3 is 19.3 Å². The molecule has 0 saturated heterocycles. The van der Waals surface area contributed by atoms with E-state index in [0.717, 1.165) is 17.7 Å². The molecule has 4 rings (SSSR count). The predicted molar refractivity (Wildman–Crippen MR) is 133 cm³/mol. The number of alkyl halides is 3. The van der Waals surface area contributed by atoms with Gasteiger partial charge in [-0.2, -0.15) is 18.2 Å². The van der Waals surface area contributed by atoms with Crippen LogP contribution in [0.3, 0.4) is 0 Å². The molecule has 0 atom stereocenters. The Morgan fingerprint density at radius 1 is 0.974 bits per heavy atom. The third-order valence-electron chi connectivity index (χ3n) is 5.76. The lowest BCUT2D eigenvalue weighted by molar-refractivity contribution is -0.152. The molecule has 8 nitrogen and oxygen atoms in total. The number of pyridine rings is 1. The van der Waals surface area contributed by atoms with E-state index in [-0.39, 0.29) is 6.54 Å². The van der Waals surface area contributed by atoms with E-state index in [0.29, 0.717) is 41.7 Å². The first-order valence-corrected chi connectivity index (χ1v) is 11.7. The Balaban J connectivity index is 1.51. The molecular weight excluding hydrogens is 501 g/mol. The smallest absolute Gasteiger partial charge is 0.416 e. The summed E-state index contributed by atoms with van der Waals surface area (Å²) in [5, 5.41) is 13.3. The van der Waals surface area contributed by atoms with Crippen LogP contribution >= 0.6 is 0 Å². The lowest BCUT2D eigenvalue weighted by Crippen LogP contribution is -2.37. The van der Waals surface area contributed by atoms with Gasteiger partial charge in [0.15, 0.2) is 5.60 Å².